The molecule has 10 heteroatoms. The Bertz CT molecular complexity index is 1550. The van der Waals surface area contributed by atoms with Gasteiger partial charge in [0.25, 0.3) is 11.5 Å². The molecular formula is C24H15F2N5O2S. The number of aromatic nitrogens is 4. The van der Waals surface area contributed by atoms with Gasteiger partial charge in [-0.1, -0.05) is 36.4 Å². The number of aromatic amines is 1. The van der Waals surface area contributed by atoms with Gasteiger partial charge >= 0.3 is 0 Å². The summed E-state index contributed by atoms with van der Waals surface area (Å²) < 4.78 is 28.2. The number of thiophene rings is 1. The lowest BCUT2D eigenvalue weighted by molar-refractivity contribution is 0.102. The molecule has 0 aliphatic heterocycles. The Morgan fingerprint density at radius 1 is 0.941 bits per heavy atom. The van der Waals surface area contributed by atoms with E-state index in [1.807, 2.05) is 47.8 Å². The zero-order valence-corrected chi connectivity index (χ0v) is 18.1. The van der Waals surface area contributed by atoms with Crippen molar-refractivity contribution >= 4 is 23.1 Å². The lowest BCUT2D eigenvalue weighted by Crippen LogP contribution is -2.19. The van der Waals surface area contributed by atoms with E-state index in [9.17, 15) is 18.4 Å². The second-order valence-electron chi connectivity index (χ2n) is 7.21. The van der Waals surface area contributed by atoms with Crippen molar-refractivity contribution in [3.8, 4) is 27.8 Å². The van der Waals surface area contributed by atoms with Crippen molar-refractivity contribution in [3.63, 3.8) is 0 Å². The normalized spacial score (nSPS) is 10.9. The number of amides is 1. The van der Waals surface area contributed by atoms with Gasteiger partial charge in [0.15, 0.2) is 11.6 Å². The molecule has 0 unspecified atom stereocenters. The molecule has 0 atom stereocenters. The molecule has 0 fully saturated rings. The van der Waals surface area contributed by atoms with Crippen LogP contribution in [-0.4, -0.2) is 25.7 Å². The van der Waals surface area contributed by atoms with Crippen LogP contribution in [0.3, 0.4) is 0 Å². The highest BCUT2D eigenvalue weighted by molar-refractivity contribution is 7.13. The van der Waals surface area contributed by atoms with Crippen LogP contribution in [0.2, 0.25) is 0 Å². The second kappa shape index (κ2) is 8.83. The monoisotopic (exact) mass is 475 g/mol. The van der Waals surface area contributed by atoms with Crippen molar-refractivity contribution in [2.45, 2.75) is 0 Å². The number of halogens is 2. The maximum Gasteiger partial charge on any atom is 0.256 e. The molecule has 0 aliphatic carbocycles. The third-order valence-corrected chi connectivity index (χ3v) is 5.80. The van der Waals surface area contributed by atoms with E-state index in [0.717, 1.165) is 22.6 Å². The fourth-order valence-electron chi connectivity index (χ4n) is 3.30. The third-order valence-electron chi connectivity index (χ3n) is 4.91. The predicted octanol–water partition coefficient (Wildman–Crippen LogP) is 4.88. The van der Waals surface area contributed by atoms with Crippen LogP contribution in [-0.2, 0) is 0 Å². The summed E-state index contributed by atoms with van der Waals surface area (Å²) in [5.74, 6) is -2.61. The van der Waals surface area contributed by atoms with Crippen LogP contribution in [0.5, 0.6) is 0 Å². The van der Waals surface area contributed by atoms with Crippen molar-refractivity contribution in [1.29, 1.82) is 0 Å². The fraction of sp³-hybridized carbons (Fsp3) is 0. The van der Waals surface area contributed by atoms with E-state index in [0.29, 0.717) is 11.4 Å². The van der Waals surface area contributed by atoms with Crippen LogP contribution < -0.4 is 10.9 Å². The Hall–Kier alpha value is -4.44. The smallest absolute Gasteiger partial charge is 0.256 e. The van der Waals surface area contributed by atoms with Crippen molar-refractivity contribution in [1.82, 2.24) is 19.7 Å². The molecule has 2 aromatic carbocycles. The van der Waals surface area contributed by atoms with Gasteiger partial charge in [-0.25, -0.2) is 13.8 Å². The third kappa shape index (κ3) is 4.26. The average molecular weight is 475 g/mol. The number of benzene rings is 2. The summed E-state index contributed by atoms with van der Waals surface area (Å²) in [5.41, 5.74) is 1.19. The van der Waals surface area contributed by atoms with Crippen LogP contribution in [0, 0.1) is 11.6 Å². The largest absolute Gasteiger partial charge is 0.306 e. The number of hydrogen-bond donors (Lipinski definition) is 2. The Morgan fingerprint density at radius 2 is 1.76 bits per heavy atom. The number of H-pyrrole nitrogens is 1. The molecule has 5 aromatic rings. The second-order valence-corrected chi connectivity index (χ2v) is 8.15. The molecule has 3 aromatic heterocycles. The standard InChI is InChI=1S/C24H15F2N5O2S/c25-16-9-8-15(11-17(16)26)23(33)28-21-12-19(20-7-4-10-34-20)30-31(21)24-27-18(13-22(32)29-24)14-5-2-1-3-6-14/h1-13H,(H,28,33)(H,27,29,32). The Kier molecular flexibility index (Phi) is 5.56. The van der Waals surface area contributed by atoms with Crippen LogP contribution >= 0.6 is 11.3 Å². The Balaban J connectivity index is 1.59. The molecule has 34 heavy (non-hydrogen) atoms. The van der Waals surface area contributed by atoms with E-state index in [2.05, 4.69) is 20.4 Å². The molecule has 0 saturated heterocycles. The molecule has 0 aliphatic rings. The first kappa shape index (κ1) is 21.4. The minimum atomic E-state index is -1.14. The first-order valence-electron chi connectivity index (χ1n) is 10.1. The maximum absolute atomic E-state index is 13.6. The SMILES string of the molecule is O=C(Nc1cc(-c2cccs2)nn1-c1nc(-c2ccccc2)cc(=O)[nH]1)c1ccc(F)c(F)c1. The predicted molar refractivity (Wildman–Crippen MR) is 125 cm³/mol. The van der Waals surface area contributed by atoms with E-state index in [4.69, 9.17) is 0 Å². The van der Waals surface area contributed by atoms with Gasteiger partial charge in [-0.05, 0) is 29.6 Å². The number of carbonyl (C=O) groups is 1. The highest BCUT2D eigenvalue weighted by atomic mass is 32.1. The van der Waals surface area contributed by atoms with Crippen molar-refractivity contribution < 1.29 is 13.6 Å². The summed E-state index contributed by atoms with van der Waals surface area (Å²) in [4.78, 5) is 33.2. The van der Waals surface area contributed by atoms with Crippen molar-refractivity contribution in [3.05, 3.63) is 106 Å². The number of hydrogen-bond acceptors (Lipinski definition) is 5. The molecule has 0 saturated carbocycles. The maximum atomic E-state index is 13.6. The van der Waals surface area contributed by atoms with Crippen LogP contribution in [0.4, 0.5) is 14.6 Å². The molecule has 7 nitrogen and oxygen atoms in total. The molecule has 2 N–H and O–H groups in total. The number of carbonyl (C=O) groups excluding carboxylic acids is 1. The molecular weight excluding hydrogens is 460 g/mol. The summed E-state index contributed by atoms with van der Waals surface area (Å²) in [6, 6.07) is 18.7. The van der Waals surface area contributed by atoms with Crippen LogP contribution in [0.1, 0.15) is 10.4 Å². The lowest BCUT2D eigenvalue weighted by atomic mass is 10.1. The fourth-order valence-corrected chi connectivity index (χ4v) is 3.99. The topological polar surface area (TPSA) is 92.7 Å². The molecule has 3 heterocycles. The minimum absolute atomic E-state index is 0.0785. The van der Waals surface area contributed by atoms with Gasteiger partial charge in [-0.3, -0.25) is 14.6 Å². The van der Waals surface area contributed by atoms with Crippen LogP contribution in [0.25, 0.3) is 27.8 Å². The molecule has 0 bridgehead atoms. The minimum Gasteiger partial charge on any atom is -0.306 e. The van der Waals surface area contributed by atoms with Crippen LogP contribution in [0.15, 0.2) is 83.0 Å². The Labute approximate surface area is 195 Å². The number of nitrogens with zero attached hydrogens (tertiary/aromatic N) is 3. The van der Waals surface area contributed by atoms with Gasteiger partial charge in [0.05, 0.1) is 10.6 Å². The number of nitrogens with one attached hydrogen (secondary N) is 2. The molecule has 1 amide bonds. The van der Waals surface area contributed by atoms with Gasteiger partial charge < -0.3 is 5.32 Å². The van der Waals surface area contributed by atoms with E-state index >= 15 is 0 Å². The number of rotatable bonds is 5. The van der Waals surface area contributed by atoms with Gasteiger partial charge in [0, 0.05) is 23.3 Å². The molecule has 0 radical (unpaired) electrons. The van der Waals surface area contributed by atoms with Gasteiger partial charge in [0.1, 0.15) is 11.5 Å². The molecule has 5 rings (SSSR count). The summed E-state index contributed by atoms with van der Waals surface area (Å²) in [7, 11) is 0. The van der Waals surface area contributed by atoms with E-state index in [1.165, 1.54) is 28.2 Å². The van der Waals surface area contributed by atoms with Gasteiger partial charge in [0.2, 0.25) is 5.95 Å². The summed E-state index contributed by atoms with van der Waals surface area (Å²) in [6.45, 7) is 0. The van der Waals surface area contributed by atoms with E-state index < -0.39 is 23.1 Å². The Morgan fingerprint density at radius 3 is 2.50 bits per heavy atom. The summed E-state index contributed by atoms with van der Waals surface area (Å²) in [6.07, 6.45) is 0. The van der Waals surface area contributed by atoms with Crippen molar-refractivity contribution in [2.24, 2.45) is 0 Å². The van der Waals surface area contributed by atoms with Gasteiger partial charge in [-0.2, -0.15) is 9.78 Å². The average Bonchev–Trinajstić information content (AvgIpc) is 3.51. The lowest BCUT2D eigenvalue weighted by Gasteiger charge is -2.09. The first-order valence-corrected chi connectivity index (χ1v) is 10.9. The van der Waals surface area contributed by atoms with Gasteiger partial charge in [-0.15, -0.1) is 11.3 Å². The summed E-state index contributed by atoms with van der Waals surface area (Å²) >= 11 is 1.44. The first-order chi connectivity index (χ1) is 16.5. The van der Waals surface area contributed by atoms with E-state index in [1.54, 1.807) is 6.07 Å². The highest BCUT2D eigenvalue weighted by Gasteiger charge is 2.18. The highest BCUT2D eigenvalue weighted by Crippen LogP contribution is 2.28. The van der Waals surface area contributed by atoms with Crippen molar-refractivity contribution in [2.75, 3.05) is 5.32 Å². The quantitative estimate of drug-likeness (QED) is 0.379. The molecule has 168 valence electrons. The zero-order chi connectivity index (χ0) is 23.7. The van der Waals surface area contributed by atoms with E-state index in [-0.39, 0.29) is 17.3 Å². The summed E-state index contributed by atoms with van der Waals surface area (Å²) in [5, 5.41) is 9.05. The zero-order valence-electron chi connectivity index (χ0n) is 17.3. The number of anilines is 1. The molecule has 0 spiro atoms.